The fourth-order valence-corrected chi connectivity index (χ4v) is 3.54. The van der Waals surface area contributed by atoms with Gasteiger partial charge in [0.05, 0.1) is 16.9 Å². The summed E-state index contributed by atoms with van der Waals surface area (Å²) in [7, 11) is 0. The van der Waals surface area contributed by atoms with Crippen molar-refractivity contribution in [3.05, 3.63) is 78.1 Å². The highest BCUT2D eigenvalue weighted by Gasteiger charge is 2.11. The van der Waals surface area contributed by atoms with Crippen LogP contribution in [0.2, 0.25) is 0 Å². The zero-order valence-electron chi connectivity index (χ0n) is 15.0. The number of ketones is 1. The first-order chi connectivity index (χ1) is 13.1. The van der Waals surface area contributed by atoms with Crippen LogP contribution < -0.4 is 4.72 Å². The lowest BCUT2D eigenvalue weighted by molar-refractivity contribution is 0.101. The van der Waals surface area contributed by atoms with Crippen molar-refractivity contribution in [1.82, 2.24) is 14.8 Å². The minimum Gasteiger partial charge on any atom is -0.310 e. The van der Waals surface area contributed by atoms with Crippen LogP contribution in [0.25, 0.3) is 16.6 Å². The summed E-state index contributed by atoms with van der Waals surface area (Å²) in [6.07, 6.45) is 1.79. The Morgan fingerprint density at radius 3 is 2.67 bits per heavy atom. The van der Waals surface area contributed by atoms with Crippen LogP contribution >= 0.6 is 11.9 Å². The molecule has 5 nitrogen and oxygen atoms in total. The van der Waals surface area contributed by atoms with Crippen LogP contribution in [0.1, 0.15) is 23.0 Å². The lowest BCUT2D eigenvalue weighted by Gasteiger charge is -2.11. The van der Waals surface area contributed by atoms with E-state index in [9.17, 15) is 4.79 Å². The summed E-state index contributed by atoms with van der Waals surface area (Å²) in [6.45, 7) is 3.54. The molecule has 0 aliphatic rings. The number of benzene rings is 2. The number of carbonyl (C=O) groups is 1. The van der Waals surface area contributed by atoms with E-state index in [-0.39, 0.29) is 5.78 Å². The van der Waals surface area contributed by atoms with Gasteiger partial charge in [-0.3, -0.25) is 9.78 Å². The molecule has 0 saturated heterocycles. The van der Waals surface area contributed by atoms with Crippen molar-refractivity contribution in [2.45, 2.75) is 18.7 Å². The van der Waals surface area contributed by atoms with E-state index in [1.54, 1.807) is 13.1 Å². The molecule has 0 aliphatic carbocycles. The zero-order valence-corrected chi connectivity index (χ0v) is 15.8. The Balaban J connectivity index is 1.64. The number of nitrogens with one attached hydrogen (secondary N) is 1. The second-order valence-electron chi connectivity index (χ2n) is 6.21. The van der Waals surface area contributed by atoms with Crippen molar-refractivity contribution >= 4 is 34.5 Å². The number of aromatic nitrogens is 3. The maximum atomic E-state index is 11.4. The Bertz CT molecular complexity index is 1110. The van der Waals surface area contributed by atoms with Crippen LogP contribution in [-0.2, 0) is 0 Å². The van der Waals surface area contributed by atoms with Gasteiger partial charge in [0.25, 0.3) is 0 Å². The Hall–Kier alpha value is -3.12. The first-order valence-electron chi connectivity index (χ1n) is 8.56. The molecule has 2 aromatic heterocycles. The van der Waals surface area contributed by atoms with Gasteiger partial charge in [0.1, 0.15) is 5.82 Å². The molecular weight excluding hydrogens is 356 g/mol. The van der Waals surface area contributed by atoms with Crippen molar-refractivity contribution in [2.75, 3.05) is 4.72 Å². The molecule has 6 heteroatoms. The molecule has 0 amide bonds. The Labute approximate surface area is 161 Å². The summed E-state index contributed by atoms with van der Waals surface area (Å²) in [6, 6.07) is 19.5. The Kier molecular flexibility index (Phi) is 4.64. The van der Waals surface area contributed by atoms with Gasteiger partial charge < -0.3 is 4.72 Å². The molecule has 134 valence electrons. The van der Waals surface area contributed by atoms with Crippen LogP contribution in [0.15, 0.2) is 71.8 Å². The fourth-order valence-electron chi connectivity index (χ4n) is 2.90. The normalized spacial score (nSPS) is 10.9. The highest BCUT2D eigenvalue weighted by Crippen LogP contribution is 2.27. The van der Waals surface area contributed by atoms with E-state index in [2.05, 4.69) is 14.8 Å². The average molecular weight is 374 g/mol. The van der Waals surface area contributed by atoms with Gasteiger partial charge in [0.15, 0.2) is 5.78 Å². The van der Waals surface area contributed by atoms with Crippen LogP contribution in [0.3, 0.4) is 0 Å². The number of carbonyl (C=O) groups excluding carboxylic acids is 1. The standard InChI is InChI=1S/C21H18N4OS/c1-14-13-21(24-27-17-10-8-16(9-11-17)15(2)26)25(23-14)20-7-3-6-19-18(20)5-4-12-22-19/h3-13,24H,1-2H3. The first kappa shape index (κ1) is 17.3. The number of rotatable bonds is 5. The predicted octanol–water partition coefficient (Wildman–Crippen LogP) is 5.05. The monoisotopic (exact) mass is 374 g/mol. The highest BCUT2D eigenvalue weighted by atomic mass is 32.2. The molecule has 27 heavy (non-hydrogen) atoms. The maximum absolute atomic E-state index is 11.4. The van der Waals surface area contributed by atoms with Gasteiger partial charge in [0.2, 0.25) is 0 Å². The van der Waals surface area contributed by atoms with Crippen LogP contribution in [0.5, 0.6) is 0 Å². The summed E-state index contributed by atoms with van der Waals surface area (Å²) >= 11 is 1.48. The topological polar surface area (TPSA) is 59.8 Å². The largest absolute Gasteiger partial charge is 0.310 e. The SMILES string of the molecule is CC(=O)c1ccc(SNc2cc(C)nn2-c2cccc3ncccc23)cc1. The zero-order chi connectivity index (χ0) is 18.8. The molecule has 0 atom stereocenters. The summed E-state index contributed by atoms with van der Waals surface area (Å²) in [5.41, 5.74) is 3.54. The van der Waals surface area contributed by atoms with E-state index in [4.69, 9.17) is 0 Å². The van der Waals surface area contributed by atoms with Gasteiger partial charge in [-0.2, -0.15) is 5.10 Å². The third kappa shape index (κ3) is 3.57. The average Bonchev–Trinajstić information content (AvgIpc) is 3.06. The molecule has 2 heterocycles. The summed E-state index contributed by atoms with van der Waals surface area (Å²) in [5, 5.41) is 5.69. The third-order valence-electron chi connectivity index (χ3n) is 4.22. The third-order valence-corrected chi connectivity index (χ3v) is 5.04. The lowest BCUT2D eigenvalue weighted by atomic mass is 10.2. The van der Waals surface area contributed by atoms with Crippen molar-refractivity contribution in [2.24, 2.45) is 0 Å². The quantitative estimate of drug-likeness (QED) is 0.391. The van der Waals surface area contributed by atoms with Gasteiger partial charge in [-0.15, -0.1) is 0 Å². The predicted molar refractivity (Wildman–Crippen MR) is 110 cm³/mol. The molecule has 0 unspecified atom stereocenters. The van der Waals surface area contributed by atoms with Crippen molar-refractivity contribution in [3.8, 4) is 5.69 Å². The molecular formula is C21H18N4OS. The second kappa shape index (κ2) is 7.25. The van der Waals surface area contributed by atoms with Gasteiger partial charge in [-0.05, 0) is 62.2 Å². The molecule has 0 bridgehead atoms. The van der Waals surface area contributed by atoms with E-state index in [1.807, 2.05) is 72.3 Å². The Morgan fingerprint density at radius 1 is 1.07 bits per heavy atom. The maximum Gasteiger partial charge on any atom is 0.159 e. The molecule has 1 N–H and O–H groups in total. The summed E-state index contributed by atoms with van der Waals surface area (Å²) in [4.78, 5) is 16.9. The minimum atomic E-state index is 0.0674. The fraction of sp³-hybridized carbons (Fsp3) is 0.0952. The molecule has 0 aliphatic heterocycles. The number of hydrogen-bond acceptors (Lipinski definition) is 5. The van der Waals surface area contributed by atoms with Gasteiger partial charge in [-0.1, -0.05) is 18.2 Å². The number of hydrogen-bond donors (Lipinski definition) is 1. The molecule has 2 aromatic carbocycles. The number of nitrogens with zero attached hydrogens (tertiary/aromatic N) is 3. The van der Waals surface area contributed by atoms with Crippen molar-refractivity contribution in [1.29, 1.82) is 0 Å². The van der Waals surface area contributed by atoms with E-state index in [0.717, 1.165) is 33.0 Å². The van der Waals surface area contributed by atoms with Crippen molar-refractivity contribution < 1.29 is 4.79 Å². The second-order valence-corrected chi connectivity index (χ2v) is 7.09. The van der Waals surface area contributed by atoms with Gasteiger partial charge in [-0.25, -0.2) is 4.68 Å². The van der Waals surface area contributed by atoms with Gasteiger partial charge in [0, 0.05) is 28.1 Å². The number of Topliss-reactive ketones (excluding diaryl/α,β-unsaturated/α-hetero) is 1. The van der Waals surface area contributed by atoms with Crippen LogP contribution in [0.4, 0.5) is 5.82 Å². The van der Waals surface area contributed by atoms with Crippen LogP contribution in [-0.4, -0.2) is 20.5 Å². The summed E-state index contributed by atoms with van der Waals surface area (Å²) in [5.74, 6) is 0.947. The molecule has 0 spiro atoms. The van der Waals surface area contributed by atoms with E-state index < -0.39 is 0 Å². The molecule has 0 saturated carbocycles. The molecule has 4 aromatic rings. The summed E-state index contributed by atoms with van der Waals surface area (Å²) < 4.78 is 5.27. The molecule has 0 radical (unpaired) electrons. The first-order valence-corrected chi connectivity index (χ1v) is 9.38. The number of fused-ring (bicyclic) bond motifs is 1. The number of aryl methyl sites for hydroxylation is 1. The molecule has 0 fully saturated rings. The minimum absolute atomic E-state index is 0.0674. The Morgan fingerprint density at radius 2 is 1.89 bits per heavy atom. The van der Waals surface area contributed by atoms with Gasteiger partial charge >= 0.3 is 0 Å². The molecule has 4 rings (SSSR count). The van der Waals surface area contributed by atoms with Crippen molar-refractivity contribution in [3.63, 3.8) is 0 Å². The smallest absolute Gasteiger partial charge is 0.159 e. The van der Waals surface area contributed by atoms with E-state index in [1.165, 1.54) is 11.9 Å². The number of anilines is 1. The number of pyridine rings is 1. The highest BCUT2D eigenvalue weighted by molar-refractivity contribution is 8.00. The van der Waals surface area contributed by atoms with E-state index in [0.29, 0.717) is 5.56 Å². The van der Waals surface area contributed by atoms with E-state index >= 15 is 0 Å². The lowest BCUT2D eigenvalue weighted by Crippen LogP contribution is -2.02. The van der Waals surface area contributed by atoms with Crippen LogP contribution in [0, 0.1) is 6.92 Å².